The normalized spacial score (nSPS) is 25.6. The first kappa shape index (κ1) is 14.9. The van der Waals surface area contributed by atoms with Gasteiger partial charge in [0.2, 0.25) is 0 Å². The Morgan fingerprint density at radius 1 is 1.35 bits per heavy atom. The second kappa shape index (κ2) is 6.68. The van der Waals surface area contributed by atoms with Gasteiger partial charge in [-0.2, -0.15) is 17.4 Å². The third kappa shape index (κ3) is 4.54. The standard InChI is InChI=1S/C11H25N3O2S/c1-10-6-4-7-11(10)13-17(15,16)14(3)9-5-8-12-2/h10-13H,4-9H2,1-3H3. The summed E-state index contributed by atoms with van der Waals surface area (Å²) >= 11 is 0. The molecule has 0 saturated heterocycles. The van der Waals surface area contributed by atoms with Gasteiger partial charge in [-0.3, -0.25) is 0 Å². The zero-order chi connectivity index (χ0) is 12.9. The predicted octanol–water partition coefficient (Wildman–Crippen LogP) is 0.551. The van der Waals surface area contributed by atoms with Gasteiger partial charge in [0.25, 0.3) is 10.2 Å². The van der Waals surface area contributed by atoms with E-state index in [2.05, 4.69) is 17.0 Å². The largest absolute Gasteiger partial charge is 0.320 e. The van der Waals surface area contributed by atoms with Crippen LogP contribution in [-0.2, 0) is 10.2 Å². The topological polar surface area (TPSA) is 61.4 Å². The molecular formula is C11H25N3O2S. The third-order valence-electron chi connectivity index (χ3n) is 3.47. The lowest BCUT2D eigenvalue weighted by atomic mass is 10.1. The molecule has 1 aliphatic carbocycles. The summed E-state index contributed by atoms with van der Waals surface area (Å²) in [4.78, 5) is 0. The molecular weight excluding hydrogens is 238 g/mol. The van der Waals surface area contributed by atoms with Crippen molar-refractivity contribution in [3.8, 4) is 0 Å². The van der Waals surface area contributed by atoms with Crippen molar-refractivity contribution in [1.29, 1.82) is 0 Å². The quantitative estimate of drug-likeness (QED) is 0.660. The van der Waals surface area contributed by atoms with Gasteiger partial charge < -0.3 is 5.32 Å². The van der Waals surface area contributed by atoms with E-state index in [-0.39, 0.29) is 6.04 Å². The first-order valence-corrected chi connectivity index (χ1v) is 7.79. The summed E-state index contributed by atoms with van der Waals surface area (Å²) in [5, 5.41) is 3.01. The first-order chi connectivity index (χ1) is 7.97. The van der Waals surface area contributed by atoms with Crippen molar-refractivity contribution < 1.29 is 8.42 Å². The molecule has 2 atom stereocenters. The van der Waals surface area contributed by atoms with Crippen molar-refractivity contribution in [2.45, 2.75) is 38.6 Å². The smallest absolute Gasteiger partial charge is 0.279 e. The van der Waals surface area contributed by atoms with E-state index in [4.69, 9.17) is 0 Å². The van der Waals surface area contributed by atoms with Crippen LogP contribution in [0.2, 0.25) is 0 Å². The van der Waals surface area contributed by atoms with Crippen LogP contribution in [0, 0.1) is 5.92 Å². The number of hydrogen-bond acceptors (Lipinski definition) is 3. The molecule has 17 heavy (non-hydrogen) atoms. The highest BCUT2D eigenvalue weighted by molar-refractivity contribution is 7.87. The highest BCUT2D eigenvalue weighted by atomic mass is 32.2. The van der Waals surface area contributed by atoms with Crippen LogP contribution in [0.25, 0.3) is 0 Å². The van der Waals surface area contributed by atoms with Gasteiger partial charge in [0.15, 0.2) is 0 Å². The Morgan fingerprint density at radius 3 is 2.59 bits per heavy atom. The van der Waals surface area contributed by atoms with Crippen LogP contribution in [0.5, 0.6) is 0 Å². The zero-order valence-electron chi connectivity index (χ0n) is 11.1. The molecule has 1 aliphatic rings. The highest BCUT2D eigenvalue weighted by Gasteiger charge is 2.29. The molecule has 0 aromatic heterocycles. The number of rotatable bonds is 7. The monoisotopic (exact) mass is 263 g/mol. The third-order valence-corrected chi connectivity index (χ3v) is 5.08. The summed E-state index contributed by atoms with van der Waals surface area (Å²) in [6, 6.07) is 0.117. The number of nitrogens with zero attached hydrogens (tertiary/aromatic N) is 1. The summed E-state index contributed by atoms with van der Waals surface area (Å²) in [5.74, 6) is 0.454. The van der Waals surface area contributed by atoms with Crippen LogP contribution in [-0.4, -0.2) is 45.9 Å². The van der Waals surface area contributed by atoms with Crippen LogP contribution in [0.4, 0.5) is 0 Å². The van der Waals surface area contributed by atoms with E-state index in [9.17, 15) is 8.42 Å². The Bertz CT molecular complexity index is 319. The summed E-state index contributed by atoms with van der Waals surface area (Å²) in [7, 11) is 0.203. The van der Waals surface area contributed by atoms with Crippen molar-refractivity contribution in [3.63, 3.8) is 0 Å². The molecule has 0 amide bonds. The van der Waals surface area contributed by atoms with Crippen LogP contribution in [0.15, 0.2) is 0 Å². The van der Waals surface area contributed by atoms with Gasteiger partial charge in [-0.15, -0.1) is 0 Å². The van der Waals surface area contributed by atoms with E-state index >= 15 is 0 Å². The molecule has 0 aliphatic heterocycles. The predicted molar refractivity (Wildman–Crippen MR) is 70.0 cm³/mol. The molecule has 5 nitrogen and oxygen atoms in total. The zero-order valence-corrected chi connectivity index (χ0v) is 11.9. The van der Waals surface area contributed by atoms with Crippen LogP contribution < -0.4 is 10.0 Å². The van der Waals surface area contributed by atoms with E-state index < -0.39 is 10.2 Å². The van der Waals surface area contributed by atoms with E-state index in [0.29, 0.717) is 12.5 Å². The Balaban J connectivity index is 2.43. The molecule has 0 aromatic rings. The molecule has 2 N–H and O–H groups in total. The highest BCUT2D eigenvalue weighted by Crippen LogP contribution is 2.25. The maximum Gasteiger partial charge on any atom is 0.279 e. The van der Waals surface area contributed by atoms with Crippen LogP contribution in [0.1, 0.15) is 32.6 Å². The Hall–Kier alpha value is -0.170. The van der Waals surface area contributed by atoms with Crippen molar-refractivity contribution in [1.82, 2.24) is 14.3 Å². The summed E-state index contributed by atoms with van der Waals surface area (Å²) in [6.07, 6.45) is 4.04. The lowest BCUT2D eigenvalue weighted by Gasteiger charge is -2.22. The molecule has 0 heterocycles. The Labute approximate surface area is 105 Å². The average Bonchev–Trinajstić information content (AvgIpc) is 2.64. The fourth-order valence-electron chi connectivity index (χ4n) is 2.20. The maximum absolute atomic E-state index is 12.0. The second-order valence-corrected chi connectivity index (χ2v) is 6.73. The number of hydrogen-bond donors (Lipinski definition) is 2. The molecule has 1 rings (SSSR count). The maximum atomic E-state index is 12.0. The minimum atomic E-state index is -3.30. The van der Waals surface area contributed by atoms with Gasteiger partial charge in [0.1, 0.15) is 0 Å². The van der Waals surface area contributed by atoms with E-state index in [1.54, 1.807) is 7.05 Å². The van der Waals surface area contributed by atoms with Crippen molar-refractivity contribution >= 4 is 10.2 Å². The molecule has 0 aromatic carbocycles. The molecule has 0 spiro atoms. The fraction of sp³-hybridized carbons (Fsp3) is 1.00. The van der Waals surface area contributed by atoms with Gasteiger partial charge in [-0.1, -0.05) is 13.3 Å². The lowest BCUT2D eigenvalue weighted by Crippen LogP contribution is -2.45. The van der Waals surface area contributed by atoms with Crippen molar-refractivity contribution in [2.24, 2.45) is 5.92 Å². The van der Waals surface area contributed by atoms with Gasteiger partial charge in [0, 0.05) is 19.6 Å². The lowest BCUT2D eigenvalue weighted by molar-refractivity contribution is 0.418. The van der Waals surface area contributed by atoms with Gasteiger partial charge >= 0.3 is 0 Å². The minimum Gasteiger partial charge on any atom is -0.320 e. The summed E-state index contributed by atoms with van der Waals surface area (Å²) in [5.41, 5.74) is 0. The van der Waals surface area contributed by atoms with E-state index in [1.165, 1.54) is 4.31 Å². The van der Waals surface area contributed by atoms with Crippen molar-refractivity contribution in [2.75, 3.05) is 27.2 Å². The molecule has 102 valence electrons. The molecule has 0 radical (unpaired) electrons. The second-order valence-electron chi connectivity index (χ2n) is 4.92. The first-order valence-electron chi connectivity index (χ1n) is 6.35. The van der Waals surface area contributed by atoms with Crippen LogP contribution >= 0.6 is 0 Å². The molecule has 6 heteroatoms. The van der Waals surface area contributed by atoms with E-state index in [1.807, 2.05) is 7.05 Å². The molecule has 1 fully saturated rings. The molecule has 0 bridgehead atoms. The molecule has 2 unspecified atom stereocenters. The molecule has 1 saturated carbocycles. The van der Waals surface area contributed by atoms with E-state index in [0.717, 1.165) is 32.2 Å². The van der Waals surface area contributed by atoms with Gasteiger partial charge in [0.05, 0.1) is 0 Å². The minimum absolute atomic E-state index is 0.117. The fourth-order valence-corrected chi connectivity index (χ4v) is 3.48. The Morgan fingerprint density at radius 2 is 2.06 bits per heavy atom. The van der Waals surface area contributed by atoms with Gasteiger partial charge in [-0.05, 0) is 38.8 Å². The Kier molecular flexibility index (Phi) is 5.85. The van der Waals surface area contributed by atoms with Crippen LogP contribution in [0.3, 0.4) is 0 Å². The SMILES string of the molecule is CNCCCN(C)S(=O)(=O)NC1CCCC1C. The summed E-state index contributed by atoms with van der Waals surface area (Å²) in [6.45, 7) is 3.50. The summed E-state index contributed by atoms with van der Waals surface area (Å²) < 4.78 is 28.3. The van der Waals surface area contributed by atoms with Gasteiger partial charge in [-0.25, -0.2) is 0 Å². The van der Waals surface area contributed by atoms with Crippen molar-refractivity contribution in [3.05, 3.63) is 0 Å². The number of nitrogens with one attached hydrogen (secondary N) is 2. The average molecular weight is 263 g/mol.